The molecule has 0 saturated heterocycles. The molecule has 6 heteroatoms. The van der Waals surface area contributed by atoms with E-state index in [1.165, 1.54) is 18.5 Å². The predicted octanol–water partition coefficient (Wildman–Crippen LogP) is 3.94. The fraction of sp³-hybridized carbons (Fsp3) is 0. The molecule has 2 aromatic rings. The Morgan fingerprint density at radius 2 is 2.11 bits per heavy atom. The van der Waals surface area contributed by atoms with E-state index >= 15 is 0 Å². The van der Waals surface area contributed by atoms with Crippen LogP contribution in [0.5, 0.6) is 0 Å². The normalized spacial score (nSPS) is 10.1. The van der Waals surface area contributed by atoms with Gasteiger partial charge in [0.05, 0.1) is 28.2 Å². The van der Waals surface area contributed by atoms with Gasteiger partial charge in [-0.3, -0.25) is 4.98 Å². The third-order valence-electron chi connectivity index (χ3n) is 2.25. The second kappa shape index (κ2) is 5.37. The van der Waals surface area contributed by atoms with E-state index in [4.69, 9.17) is 16.7 Å². The molecule has 0 fully saturated rings. The lowest BCUT2D eigenvalue weighted by Gasteiger charge is -2.10. The smallest absolute Gasteiger partial charge is 0.337 e. The fourth-order valence-electron chi connectivity index (χ4n) is 1.42. The first-order valence-electron chi connectivity index (χ1n) is 4.97. The van der Waals surface area contributed by atoms with Crippen LogP contribution >= 0.6 is 27.5 Å². The van der Waals surface area contributed by atoms with Crippen molar-refractivity contribution in [1.82, 2.24) is 4.98 Å². The maximum atomic E-state index is 11.1. The molecule has 4 nitrogen and oxygen atoms in total. The molecular formula is C12H8BrClN2O2. The number of hydrogen-bond acceptors (Lipinski definition) is 3. The summed E-state index contributed by atoms with van der Waals surface area (Å²) in [6, 6.07) is 6.71. The van der Waals surface area contributed by atoms with Gasteiger partial charge in [0.2, 0.25) is 0 Å². The minimum absolute atomic E-state index is 0.140. The SMILES string of the molecule is O=C(O)c1ccncc1Nc1cc(Br)ccc1Cl. The van der Waals surface area contributed by atoms with E-state index in [0.717, 1.165) is 4.47 Å². The van der Waals surface area contributed by atoms with E-state index in [2.05, 4.69) is 26.2 Å². The summed E-state index contributed by atoms with van der Waals surface area (Å²) < 4.78 is 0.843. The number of carboxylic acids is 1. The van der Waals surface area contributed by atoms with Gasteiger partial charge >= 0.3 is 5.97 Å². The van der Waals surface area contributed by atoms with Crippen molar-refractivity contribution in [2.24, 2.45) is 0 Å². The quantitative estimate of drug-likeness (QED) is 0.896. The molecule has 0 amide bonds. The molecule has 0 saturated carbocycles. The summed E-state index contributed by atoms with van der Waals surface area (Å²) in [5, 5.41) is 12.5. The zero-order chi connectivity index (χ0) is 13.1. The van der Waals surface area contributed by atoms with Crippen LogP contribution in [0.1, 0.15) is 10.4 Å². The molecule has 1 aromatic carbocycles. The third-order valence-corrected chi connectivity index (χ3v) is 3.07. The third kappa shape index (κ3) is 2.80. The highest BCUT2D eigenvalue weighted by atomic mass is 79.9. The van der Waals surface area contributed by atoms with Crippen LogP contribution in [0.15, 0.2) is 41.1 Å². The van der Waals surface area contributed by atoms with Crippen molar-refractivity contribution in [1.29, 1.82) is 0 Å². The van der Waals surface area contributed by atoms with Crippen molar-refractivity contribution in [2.45, 2.75) is 0 Å². The van der Waals surface area contributed by atoms with E-state index in [9.17, 15) is 4.79 Å². The molecule has 2 N–H and O–H groups in total. The first-order valence-corrected chi connectivity index (χ1v) is 6.14. The first kappa shape index (κ1) is 12.9. The van der Waals surface area contributed by atoms with Gasteiger partial charge in [-0.05, 0) is 24.3 Å². The number of aromatic carboxylic acids is 1. The lowest BCUT2D eigenvalue weighted by Crippen LogP contribution is -2.03. The topological polar surface area (TPSA) is 62.2 Å². The molecule has 0 spiro atoms. The monoisotopic (exact) mass is 326 g/mol. The second-order valence-corrected chi connectivity index (χ2v) is 4.80. The zero-order valence-corrected chi connectivity index (χ0v) is 11.4. The molecule has 0 aliphatic heterocycles. The molecule has 18 heavy (non-hydrogen) atoms. The van der Waals surface area contributed by atoms with Crippen LogP contribution in [0.25, 0.3) is 0 Å². The Morgan fingerprint density at radius 3 is 2.83 bits per heavy atom. The van der Waals surface area contributed by atoms with Crippen LogP contribution in [0.4, 0.5) is 11.4 Å². The van der Waals surface area contributed by atoms with Crippen molar-refractivity contribution in [3.8, 4) is 0 Å². The number of benzene rings is 1. The van der Waals surface area contributed by atoms with E-state index in [1.807, 2.05) is 0 Å². The summed E-state index contributed by atoms with van der Waals surface area (Å²) >= 11 is 9.35. The Hall–Kier alpha value is -1.59. The van der Waals surface area contributed by atoms with Gasteiger partial charge in [0.25, 0.3) is 0 Å². The Labute approximate surface area is 117 Å². The average molecular weight is 328 g/mol. The Balaban J connectivity index is 2.40. The van der Waals surface area contributed by atoms with Crippen molar-refractivity contribution < 1.29 is 9.90 Å². The van der Waals surface area contributed by atoms with E-state index < -0.39 is 5.97 Å². The lowest BCUT2D eigenvalue weighted by molar-refractivity contribution is 0.0698. The number of hydrogen-bond donors (Lipinski definition) is 2. The van der Waals surface area contributed by atoms with Crippen LogP contribution in [0, 0.1) is 0 Å². The molecule has 92 valence electrons. The van der Waals surface area contributed by atoms with Crippen molar-refractivity contribution in [3.63, 3.8) is 0 Å². The van der Waals surface area contributed by atoms with E-state index in [-0.39, 0.29) is 5.56 Å². The maximum absolute atomic E-state index is 11.1. The van der Waals surface area contributed by atoms with Gasteiger partial charge in [-0.1, -0.05) is 27.5 Å². The summed E-state index contributed by atoms with van der Waals surface area (Å²) in [4.78, 5) is 14.9. The van der Waals surface area contributed by atoms with Gasteiger partial charge in [-0.15, -0.1) is 0 Å². The van der Waals surface area contributed by atoms with E-state index in [1.54, 1.807) is 18.2 Å². The van der Waals surface area contributed by atoms with Gasteiger partial charge in [-0.2, -0.15) is 0 Å². The Bertz CT molecular complexity index is 604. The van der Waals surface area contributed by atoms with Gasteiger partial charge in [0.15, 0.2) is 0 Å². The predicted molar refractivity (Wildman–Crippen MR) is 73.6 cm³/mol. The molecule has 1 heterocycles. The van der Waals surface area contributed by atoms with Gasteiger partial charge in [0.1, 0.15) is 0 Å². The summed E-state index contributed by atoms with van der Waals surface area (Å²) in [5.41, 5.74) is 1.15. The van der Waals surface area contributed by atoms with Gasteiger partial charge in [-0.25, -0.2) is 4.79 Å². The molecule has 2 rings (SSSR count). The van der Waals surface area contributed by atoms with Gasteiger partial charge in [0, 0.05) is 10.7 Å². The number of rotatable bonds is 3. The van der Waals surface area contributed by atoms with E-state index in [0.29, 0.717) is 16.4 Å². The number of pyridine rings is 1. The summed E-state index contributed by atoms with van der Waals surface area (Å²) in [5.74, 6) is -1.02. The minimum Gasteiger partial charge on any atom is -0.478 e. The van der Waals surface area contributed by atoms with Crippen molar-refractivity contribution in [3.05, 3.63) is 51.7 Å². The maximum Gasteiger partial charge on any atom is 0.337 e. The Morgan fingerprint density at radius 1 is 1.33 bits per heavy atom. The van der Waals surface area contributed by atoms with Crippen LogP contribution in [0.2, 0.25) is 5.02 Å². The van der Waals surface area contributed by atoms with Crippen molar-refractivity contribution >= 4 is 44.9 Å². The summed E-state index contributed by atoms with van der Waals surface area (Å²) in [6.45, 7) is 0. The molecular weight excluding hydrogens is 320 g/mol. The average Bonchev–Trinajstić information content (AvgIpc) is 2.34. The highest BCUT2D eigenvalue weighted by Gasteiger charge is 2.11. The van der Waals surface area contributed by atoms with Crippen LogP contribution in [-0.2, 0) is 0 Å². The fourth-order valence-corrected chi connectivity index (χ4v) is 1.94. The number of nitrogens with zero attached hydrogens (tertiary/aromatic N) is 1. The minimum atomic E-state index is -1.02. The zero-order valence-electron chi connectivity index (χ0n) is 9.02. The first-order chi connectivity index (χ1) is 8.58. The lowest BCUT2D eigenvalue weighted by atomic mass is 10.2. The standard InChI is InChI=1S/C12H8BrClN2O2/c13-7-1-2-9(14)10(5-7)16-11-6-15-4-3-8(11)12(17)18/h1-6,16H,(H,17,18). The molecule has 0 atom stereocenters. The number of carbonyl (C=O) groups is 1. The molecule has 0 aliphatic rings. The number of nitrogens with one attached hydrogen (secondary N) is 1. The number of anilines is 2. The van der Waals surface area contributed by atoms with Crippen LogP contribution < -0.4 is 5.32 Å². The molecule has 0 unspecified atom stereocenters. The van der Waals surface area contributed by atoms with Gasteiger partial charge < -0.3 is 10.4 Å². The summed E-state index contributed by atoms with van der Waals surface area (Å²) in [7, 11) is 0. The second-order valence-electron chi connectivity index (χ2n) is 3.48. The van der Waals surface area contributed by atoms with Crippen LogP contribution in [0.3, 0.4) is 0 Å². The van der Waals surface area contributed by atoms with Crippen molar-refractivity contribution in [2.75, 3.05) is 5.32 Å². The number of carboxylic acid groups (broad SMARTS) is 1. The number of aromatic nitrogens is 1. The molecule has 1 aromatic heterocycles. The largest absolute Gasteiger partial charge is 0.478 e. The number of halogens is 2. The Kier molecular flexibility index (Phi) is 3.84. The van der Waals surface area contributed by atoms with Crippen LogP contribution in [-0.4, -0.2) is 16.1 Å². The summed E-state index contributed by atoms with van der Waals surface area (Å²) in [6.07, 6.45) is 2.87. The highest BCUT2D eigenvalue weighted by molar-refractivity contribution is 9.10. The molecule has 0 aliphatic carbocycles. The highest BCUT2D eigenvalue weighted by Crippen LogP contribution is 2.29. The molecule has 0 radical (unpaired) electrons. The molecule has 0 bridgehead atoms.